The predicted molar refractivity (Wildman–Crippen MR) is 98.7 cm³/mol. The summed E-state index contributed by atoms with van der Waals surface area (Å²) in [4.78, 5) is 19.9. The van der Waals surface area contributed by atoms with Gasteiger partial charge in [-0.3, -0.25) is 4.79 Å². The summed E-state index contributed by atoms with van der Waals surface area (Å²) in [5, 5.41) is 2.57. The minimum atomic E-state index is -2.95. The van der Waals surface area contributed by atoms with E-state index in [1.165, 1.54) is 23.9 Å². The Morgan fingerprint density at radius 2 is 1.96 bits per heavy atom. The number of amides is 1. The molecule has 1 heterocycles. The molecule has 0 spiro atoms. The molecule has 1 amide bonds. The molecule has 0 saturated heterocycles. The number of imidazole rings is 1. The summed E-state index contributed by atoms with van der Waals surface area (Å²) >= 11 is 1.40. The lowest BCUT2D eigenvalue weighted by Gasteiger charge is -2.12. The van der Waals surface area contributed by atoms with Gasteiger partial charge in [0.1, 0.15) is 11.6 Å². The molecule has 0 aliphatic carbocycles. The van der Waals surface area contributed by atoms with Crippen LogP contribution in [-0.2, 0) is 4.79 Å². The normalized spacial score (nSPS) is 12.3. The van der Waals surface area contributed by atoms with Crippen LogP contribution in [0.15, 0.2) is 48.5 Å². The van der Waals surface area contributed by atoms with Crippen LogP contribution >= 0.6 is 11.8 Å². The van der Waals surface area contributed by atoms with E-state index in [0.29, 0.717) is 0 Å². The average Bonchev–Trinajstić information content (AvgIpc) is 3.05. The first-order valence-corrected chi connectivity index (χ1v) is 8.98. The SMILES string of the molecule is CC(SCC(=O)Nc1ccccc1OC(F)F)c1nc2ccccc2[nH]1. The number of hydrogen-bond acceptors (Lipinski definition) is 4. The predicted octanol–water partition coefficient (Wildman–Crippen LogP) is 4.60. The topological polar surface area (TPSA) is 67.0 Å². The van der Waals surface area contributed by atoms with E-state index in [1.807, 2.05) is 31.2 Å². The minimum Gasteiger partial charge on any atom is -0.433 e. The number of benzene rings is 2. The number of carbonyl (C=O) groups excluding carboxylic acids is 1. The van der Waals surface area contributed by atoms with E-state index >= 15 is 0 Å². The van der Waals surface area contributed by atoms with Crippen molar-refractivity contribution >= 4 is 34.4 Å². The molecule has 2 aromatic carbocycles. The van der Waals surface area contributed by atoms with Crippen molar-refractivity contribution in [1.82, 2.24) is 9.97 Å². The molecule has 0 saturated carbocycles. The number of nitrogens with one attached hydrogen (secondary N) is 2. The third kappa shape index (κ3) is 4.51. The number of aromatic amines is 1. The smallest absolute Gasteiger partial charge is 0.387 e. The highest BCUT2D eigenvalue weighted by Crippen LogP contribution is 2.29. The van der Waals surface area contributed by atoms with Gasteiger partial charge in [0.05, 0.1) is 27.7 Å². The van der Waals surface area contributed by atoms with Gasteiger partial charge in [-0.2, -0.15) is 8.78 Å². The van der Waals surface area contributed by atoms with Gasteiger partial charge >= 0.3 is 6.61 Å². The molecule has 0 aliphatic rings. The molecule has 5 nitrogen and oxygen atoms in total. The van der Waals surface area contributed by atoms with Crippen LogP contribution in [0.3, 0.4) is 0 Å². The number of thioether (sulfide) groups is 1. The number of hydrogen-bond donors (Lipinski definition) is 2. The summed E-state index contributed by atoms with van der Waals surface area (Å²) in [7, 11) is 0. The van der Waals surface area contributed by atoms with Gasteiger partial charge in [-0.1, -0.05) is 24.3 Å². The summed E-state index contributed by atoms with van der Waals surface area (Å²) in [6.07, 6.45) is 0. The molecule has 136 valence electrons. The van der Waals surface area contributed by atoms with Crippen molar-refractivity contribution < 1.29 is 18.3 Å². The van der Waals surface area contributed by atoms with Crippen molar-refractivity contribution in [3.8, 4) is 5.75 Å². The van der Waals surface area contributed by atoms with Gasteiger partial charge in [0, 0.05) is 0 Å². The van der Waals surface area contributed by atoms with Crippen molar-refractivity contribution in [2.24, 2.45) is 0 Å². The number of fused-ring (bicyclic) bond motifs is 1. The third-order valence-electron chi connectivity index (χ3n) is 3.63. The summed E-state index contributed by atoms with van der Waals surface area (Å²) < 4.78 is 29.2. The largest absolute Gasteiger partial charge is 0.433 e. The summed E-state index contributed by atoms with van der Waals surface area (Å²) in [5.74, 6) is 0.571. The van der Waals surface area contributed by atoms with Crippen molar-refractivity contribution in [2.75, 3.05) is 11.1 Å². The Balaban J connectivity index is 1.58. The number of nitrogens with zero attached hydrogens (tertiary/aromatic N) is 1. The maximum absolute atomic E-state index is 12.4. The number of H-pyrrole nitrogens is 1. The highest BCUT2D eigenvalue weighted by atomic mass is 32.2. The lowest BCUT2D eigenvalue weighted by molar-refractivity contribution is -0.113. The molecular formula is C18H17F2N3O2S. The maximum atomic E-state index is 12.4. The van der Waals surface area contributed by atoms with E-state index in [1.54, 1.807) is 12.1 Å². The van der Waals surface area contributed by atoms with Gasteiger partial charge in [0.15, 0.2) is 0 Å². The number of carbonyl (C=O) groups is 1. The Labute approximate surface area is 153 Å². The fourth-order valence-corrected chi connectivity index (χ4v) is 3.14. The van der Waals surface area contributed by atoms with Gasteiger partial charge in [-0.05, 0) is 31.2 Å². The third-order valence-corrected chi connectivity index (χ3v) is 4.79. The molecule has 0 radical (unpaired) electrons. The van der Waals surface area contributed by atoms with Crippen LogP contribution in [0.4, 0.5) is 14.5 Å². The first-order valence-electron chi connectivity index (χ1n) is 7.93. The van der Waals surface area contributed by atoms with Gasteiger partial charge in [-0.25, -0.2) is 4.98 Å². The van der Waals surface area contributed by atoms with E-state index in [9.17, 15) is 13.6 Å². The summed E-state index contributed by atoms with van der Waals surface area (Å²) in [6.45, 7) is -1.00. The van der Waals surface area contributed by atoms with Gasteiger partial charge in [-0.15, -0.1) is 11.8 Å². The molecular weight excluding hydrogens is 360 g/mol. The second kappa shape index (κ2) is 8.18. The van der Waals surface area contributed by atoms with Crippen LogP contribution < -0.4 is 10.1 Å². The number of rotatable bonds is 7. The van der Waals surface area contributed by atoms with Crippen LogP contribution in [0.5, 0.6) is 5.75 Å². The Bertz CT molecular complexity index is 868. The molecule has 0 bridgehead atoms. The van der Waals surface area contributed by atoms with Crippen molar-refractivity contribution in [3.63, 3.8) is 0 Å². The highest BCUT2D eigenvalue weighted by molar-refractivity contribution is 8.00. The van der Waals surface area contributed by atoms with Gasteiger partial charge in [0.25, 0.3) is 0 Å². The number of ether oxygens (including phenoxy) is 1. The lowest BCUT2D eigenvalue weighted by Crippen LogP contribution is -2.16. The molecule has 1 aromatic heterocycles. The van der Waals surface area contributed by atoms with Crippen molar-refractivity contribution in [2.45, 2.75) is 18.8 Å². The van der Waals surface area contributed by atoms with Crippen LogP contribution in [0.2, 0.25) is 0 Å². The fraction of sp³-hybridized carbons (Fsp3) is 0.222. The minimum absolute atomic E-state index is 0.0271. The van der Waals surface area contributed by atoms with Crippen LogP contribution in [-0.4, -0.2) is 28.2 Å². The van der Waals surface area contributed by atoms with E-state index in [-0.39, 0.29) is 28.3 Å². The highest BCUT2D eigenvalue weighted by Gasteiger charge is 2.15. The molecule has 26 heavy (non-hydrogen) atoms. The summed E-state index contributed by atoms with van der Waals surface area (Å²) in [5.41, 5.74) is 2.03. The molecule has 3 rings (SSSR count). The second-order valence-corrected chi connectivity index (χ2v) is 6.84. The van der Waals surface area contributed by atoms with Gasteiger partial charge < -0.3 is 15.0 Å². The van der Waals surface area contributed by atoms with E-state index in [2.05, 4.69) is 20.0 Å². The number of anilines is 1. The Morgan fingerprint density at radius 1 is 1.23 bits per heavy atom. The van der Waals surface area contributed by atoms with E-state index < -0.39 is 6.61 Å². The number of aromatic nitrogens is 2. The fourth-order valence-electron chi connectivity index (χ4n) is 2.40. The molecule has 0 aliphatic heterocycles. The maximum Gasteiger partial charge on any atom is 0.387 e. The molecule has 3 aromatic rings. The number of alkyl halides is 2. The first-order chi connectivity index (χ1) is 12.5. The summed E-state index contributed by atoms with van der Waals surface area (Å²) in [6, 6.07) is 13.8. The van der Waals surface area contributed by atoms with Gasteiger partial charge in [0.2, 0.25) is 5.91 Å². The number of halogens is 2. The molecule has 1 atom stereocenters. The number of para-hydroxylation sites is 4. The molecule has 1 unspecified atom stereocenters. The zero-order valence-electron chi connectivity index (χ0n) is 13.9. The standard InChI is InChI=1S/C18H17F2N3O2S/c1-11(17-22-12-6-2-3-7-13(12)23-17)26-10-16(24)21-14-8-4-5-9-15(14)25-18(19)20/h2-9,11,18H,10H2,1H3,(H,21,24)(H,22,23). The zero-order chi connectivity index (χ0) is 18.5. The molecule has 0 fully saturated rings. The average molecular weight is 377 g/mol. The second-order valence-electron chi connectivity index (χ2n) is 5.52. The Kier molecular flexibility index (Phi) is 5.72. The van der Waals surface area contributed by atoms with Crippen molar-refractivity contribution in [1.29, 1.82) is 0 Å². The van der Waals surface area contributed by atoms with Crippen molar-refractivity contribution in [3.05, 3.63) is 54.4 Å². The lowest BCUT2D eigenvalue weighted by atomic mass is 10.3. The molecule has 2 N–H and O–H groups in total. The van der Waals surface area contributed by atoms with Crippen LogP contribution in [0.25, 0.3) is 11.0 Å². The zero-order valence-corrected chi connectivity index (χ0v) is 14.7. The first kappa shape index (κ1) is 18.2. The quantitative estimate of drug-likeness (QED) is 0.632. The van der Waals surface area contributed by atoms with Crippen LogP contribution in [0.1, 0.15) is 18.0 Å². The Morgan fingerprint density at radius 3 is 2.73 bits per heavy atom. The monoisotopic (exact) mass is 377 g/mol. The Hall–Kier alpha value is -2.61. The van der Waals surface area contributed by atoms with E-state index in [0.717, 1.165) is 16.9 Å². The van der Waals surface area contributed by atoms with E-state index in [4.69, 9.17) is 0 Å². The molecule has 8 heteroatoms. The van der Waals surface area contributed by atoms with Crippen LogP contribution in [0, 0.1) is 0 Å².